The molecule has 0 aliphatic heterocycles. The number of rotatable bonds is 12. The predicted octanol–water partition coefficient (Wildman–Crippen LogP) is 20.0. The monoisotopic (exact) mass is 966 g/mol. The van der Waals surface area contributed by atoms with E-state index in [1.807, 2.05) is 0 Å². The van der Waals surface area contributed by atoms with E-state index in [4.69, 9.17) is 0 Å². The third-order valence-electron chi connectivity index (χ3n) is 15.6. The summed E-state index contributed by atoms with van der Waals surface area (Å²) < 4.78 is 0. The second-order valence-electron chi connectivity index (χ2n) is 20.7. The molecule has 0 atom stereocenters. The van der Waals surface area contributed by atoms with E-state index in [2.05, 4.69) is 294 Å². The van der Waals surface area contributed by atoms with Crippen LogP contribution in [0.15, 0.2) is 243 Å². The Morgan fingerprint density at radius 1 is 0.347 bits per heavy atom. The zero-order chi connectivity index (χ0) is 51.2. The first-order valence-electron chi connectivity index (χ1n) is 26.6. The lowest BCUT2D eigenvalue weighted by Crippen LogP contribution is -2.29. The van der Waals surface area contributed by atoms with Gasteiger partial charge in [0.1, 0.15) is 0 Å². The molecule has 0 amide bonds. The maximum absolute atomic E-state index is 2.56. The fourth-order valence-electron chi connectivity index (χ4n) is 12.1. The van der Waals surface area contributed by atoms with Crippen molar-refractivity contribution in [2.75, 3.05) is 9.80 Å². The van der Waals surface area contributed by atoms with Crippen LogP contribution in [-0.2, 0) is 11.8 Å². The fourth-order valence-corrected chi connectivity index (χ4v) is 12.1. The van der Waals surface area contributed by atoms with Crippen molar-refractivity contribution in [1.82, 2.24) is 0 Å². The van der Waals surface area contributed by atoms with Crippen molar-refractivity contribution in [2.24, 2.45) is 0 Å². The van der Waals surface area contributed by atoms with Gasteiger partial charge < -0.3 is 9.80 Å². The van der Waals surface area contributed by atoms with E-state index in [1.54, 1.807) is 0 Å². The summed E-state index contributed by atoms with van der Waals surface area (Å²) in [7, 11) is 0. The SMILES string of the molecule is CCCc1ccccc1-c1ccc(N(c2ccc(-c3ccccc3)cc2)c2cc3c(c4ccccc24)-c2ccc(N(c4ccc(C)cc4)c4cccc(C)c4)cc2C3(c2cccc(C)c2)c2cccc(C)c2)cc1C. The van der Waals surface area contributed by atoms with E-state index in [1.165, 1.54) is 99.8 Å². The molecule has 11 aromatic carbocycles. The van der Waals surface area contributed by atoms with Crippen molar-refractivity contribution in [1.29, 1.82) is 0 Å². The average molecular weight is 967 g/mol. The highest BCUT2D eigenvalue weighted by molar-refractivity contribution is 6.11. The van der Waals surface area contributed by atoms with Crippen LogP contribution >= 0.6 is 0 Å². The van der Waals surface area contributed by atoms with Gasteiger partial charge in [-0.1, -0.05) is 206 Å². The topological polar surface area (TPSA) is 6.48 Å². The molecule has 0 radical (unpaired) electrons. The summed E-state index contributed by atoms with van der Waals surface area (Å²) in [5, 5.41) is 2.42. The molecule has 0 saturated carbocycles. The molecule has 12 rings (SSSR count). The first-order chi connectivity index (χ1) is 36.7. The van der Waals surface area contributed by atoms with Crippen LogP contribution < -0.4 is 9.80 Å². The Bertz CT molecular complexity index is 3860. The summed E-state index contributed by atoms with van der Waals surface area (Å²) in [5.41, 5.74) is 26.0. The predicted molar refractivity (Wildman–Crippen MR) is 319 cm³/mol. The lowest BCUT2D eigenvalue weighted by molar-refractivity contribution is 0.766. The minimum Gasteiger partial charge on any atom is -0.310 e. The molecule has 1 aliphatic carbocycles. The third kappa shape index (κ3) is 8.41. The lowest BCUT2D eigenvalue weighted by Gasteiger charge is -2.36. The number of aryl methyl sites for hydroxylation is 6. The minimum atomic E-state index is -0.714. The zero-order valence-corrected chi connectivity index (χ0v) is 43.9. The summed E-state index contributed by atoms with van der Waals surface area (Å²) >= 11 is 0. The molecule has 0 aromatic heterocycles. The van der Waals surface area contributed by atoms with Crippen LogP contribution in [0.1, 0.15) is 69.0 Å². The zero-order valence-electron chi connectivity index (χ0n) is 43.9. The van der Waals surface area contributed by atoms with E-state index < -0.39 is 5.41 Å². The van der Waals surface area contributed by atoms with Gasteiger partial charge >= 0.3 is 0 Å². The van der Waals surface area contributed by atoms with Crippen LogP contribution in [0.4, 0.5) is 34.1 Å². The summed E-state index contributed by atoms with van der Waals surface area (Å²) in [6.07, 6.45) is 2.14. The molecule has 0 bridgehead atoms. The molecule has 0 N–H and O–H groups in total. The first-order valence-corrected chi connectivity index (χ1v) is 26.6. The molecular formula is C73H62N2. The van der Waals surface area contributed by atoms with Crippen molar-refractivity contribution in [3.8, 4) is 33.4 Å². The average Bonchev–Trinajstić information content (AvgIpc) is 4.00. The fraction of sp³-hybridized carbons (Fsp3) is 0.123. The summed E-state index contributed by atoms with van der Waals surface area (Å²) in [6.45, 7) is 13.4. The third-order valence-corrected chi connectivity index (χ3v) is 15.6. The van der Waals surface area contributed by atoms with Gasteiger partial charge in [0.15, 0.2) is 0 Å². The van der Waals surface area contributed by atoms with Crippen LogP contribution in [0.3, 0.4) is 0 Å². The highest BCUT2D eigenvalue weighted by Crippen LogP contribution is 2.61. The van der Waals surface area contributed by atoms with E-state index in [-0.39, 0.29) is 0 Å². The van der Waals surface area contributed by atoms with Crippen molar-refractivity contribution >= 4 is 44.9 Å². The van der Waals surface area contributed by atoms with Crippen LogP contribution in [0.5, 0.6) is 0 Å². The number of anilines is 6. The lowest BCUT2D eigenvalue weighted by atomic mass is 9.67. The first kappa shape index (κ1) is 47.3. The number of hydrogen-bond acceptors (Lipinski definition) is 2. The van der Waals surface area contributed by atoms with Gasteiger partial charge in [-0.2, -0.15) is 0 Å². The van der Waals surface area contributed by atoms with Gasteiger partial charge in [0.25, 0.3) is 0 Å². The van der Waals surface area contributed by atoms with Crippen molar-refractivity contribution in [3.63, 3.8) is 0 Å². The largest absolute Gasteiger partial charge is 0.310 e. The molecule has 2 nitrogen and oxygen atoms in total. The van der Waals surface area contributed by atoms with E-state index in [0.717, 1.165) is 47.0 Å². The molecule has 2 heteroatoms. The number of nitrogens with zero attached hydrogens (tertiary/aromatic N) is 2. The van der Waals surface area contributed by atoms with Gasteiger partial charge in [-0.25, -0.2) is 0 Å². The van der Waals surface area contributed by atoms with Gasteiger partial charge in [0, 0.05) is 33.8 Å². The highest BCUT2D eigenvalue weighted by atomic mass is 15.1. The molecular weight excluding hydrogens is 905 g/mol. The smallest absolute Gasteiger partial charge is 0.0715 e. The van der Waals surface area contributed by atoms with Crippen molar-refractivity contribution < 1.29 is 0 Å². The molecule has 1 aliphatic rings. The summed E-state index contributed by atoms with van der Waals surface area (Å²) in [4.78, 5) is 4.96. The molecule has 75 heavy (non-hydrogen) atoms. The minimum absolute atomic E-state index is 0.714. The maximum Gasteiger partial charge on any atom is 0.0715 e. The number of hydrogen-bond donors (Lipinski definition) is 0. The summed E-state index contributed by atoms with van der Waals surface area (Å²) in [5.74, 6) is 0. The van der Waals surface area contributed by atoms with E-state index in [9.17, 15) is 0 Å². The standard InChI is InChI=1S/C73H62N2/c1-7-18-56-24-11-12-28-65(56)64-41-39-62(46-53(64)6)75(60-37-33-55(34-38-60)54-22-9-8-10-23-54)71-48-70-72(67-30-14-13-29-66(67)71)68-42-40-63(74(59-35-31-49(2)32-36-59)61-27-17-21-52(5)45-61)47-69(68)73(70,57-25-15-19-50(3)43-57)58-26-16-20-51(4)44-58/h8-17,19-48H,7,18H2,1-6H3. The molecule has 0 spiro atoms. The Balaban J connectivity index is 1.16. The number of fused-ring (bicyclic) bond motifs is 5. The highest BCUT2D eigenvalue weighted by Gasteiger charge is 2.48. The molecule has 0 heterocycles. The maximum atomic E-state index is 2.56. The van der Waals surface area contributed by atoms with Crippen LogP contribution in [-0.4, -0.2) is 0 Å². The Labute approximate surface area is 443 Å². The number of benzene rings is 11. The second kappa shape index (κ2) is 19.6. The van der Waals surface area contributed by atoms with Gasteiger partial charge in [0.05, 0.1) is 11.1 Å². The molecule has 0 fully saturated rings. The second-order valence-corrected chi connectivity index (χ2v) is 20.7. The van der Waals surface area contributed by atoms with Crippen LogP contribution in [0, 0.1) is 34.6 Å². The van der Waals surface area contributed by atoms with Gasteiger partial charge in [-0.05, 0) is 185 Å². The Kier molecular flexibility index (Phi) is 12.4. The normalized spacial score (nSPS) is 12.3. The van der Waals surface area contributed by atoms with E-state index >= 15 is 0 Å². The van der Waals surface area contributed by atoms with Crippen LogP contribution in [0.2, 0.25) is 0 Å². The van der Waals surface area contributed by atoms with Crippen LogP contribution in [0.25, 0.3) is 44.2 Å². The van der Waals surface area contributed by atoms with Crippen molar-refractivity contribution in [2.45, 2.75) is 59.8 Å². The van der Waals surface area contributed by atoms with Gasteiger partial charge in [-0.15, -0.1) is 0 Å². The van der Waals surface area contributed by atoms with E-state index in [0.29, 0.717) is 0 Å². The quantitative estimate of drug-likeness (QED) is 0.120. The molecule has 0 unspecified atom stereocenters. The Morgan fingerprint density at radius 2 is 0.893 bits per heavy atom. The Morgan fingerprint density at radius 3 is 1.56 bits per heavy atom. The Hall–Kier alpha value is -8.72. The molecule has 364 valence electrons. The molecule has 0 saturated heterocycles. The van der Waals surface area contributed by atoms with Gasteiger partial charge in [-0.3, -0.25) is 0 Å². The van der Waals surface area contributed by atoms with Crippen molar-refractivity contribution in [3.05, 3.63) is 298 Å². The summed E-state index contributed by atoms with van der Waals surface area (Å²) in [6, 6.07) is 91.3. The van der Waals surface area contributed by atoms with Gasteiger partial charge in [0.2, 0.25) is 0 Å². The molecule has 11 aromatic rings.